The van der Waals surface area contributed by atoms with E-state index in [9.17, 15) is 0 Å². The molecule has 0 aliphatic carbocycles. The van der Waals surface area contributed by atoms with Gasteiger partial charge in [0.15, 0.2) is 0 Å². The Bertz CT molecular complexity index is 584. The van der Waals surface area contributed by atoms with Crippen LogP contribution < -0.4 is 0 Å². The monoisotopic (exact) mass is 542 g/mol. The summed E-state index contributed by atoms with van der Waals surface area (Å²) in [5.74, 6) is 0. The first-order valence-electron chi connectivity index (χ1n) is 16.0. The summed E-state index contributed by atoms with van der Waals surface area (Å²) in [5, 5.41) is 0. The molecule has 5 heteroatoms. The largest absolute Gasteiger partial charge is 0.373 e. The maximum absolute atomic E-state index is 6.47. The van der Waals surface area contributed by atoms with Crippen molar-refractivity contribution in [2.75, 3.05) is 33.0 Å². The Labute approximate surface area is 237 Å². The van der Waals surface area contributed by atoms with Crippen LogP contribution in [0.2, 0.25) is 0 Å². The first-order valence-corrected chi connectivity index (χ1v) is 16.0. The van der Waals surface area contributed by atoms with Crippen molar-refractivity contribution in [3.05, 3.63) is 0 Å². The number of unbranched alkanes of at least 4 members (excludes halogenated alkanes) is 11. The van der Waals surface area contributed by atoms with Crippen LogP contribution in [0.25, 0.3) is 0 Å². The predicted octanol–water partition coefficient (Wildman–Crippen LogP) is 9.05. The van der Waals surface area contributed by atoms with Crippen LogP contribution in [0.4, 0.5) is 0 Å². The van der Waals surface area contributed by atoms with Gasteiger partial charge in [-0.1, -0.05) is 84.0 Å². The van der Waals surface area contributed by atoms with Gasteiger partial charge in [0.1, 0.15) is 0 Å². The lowest BCUT2D eigenvalue weighted by molar-refractivity contribution is -0.208. The lowest BCUT2D eigenvalue weighted by Crippen LogP contribution is -2.51. The van der Waals surface area contributed by atoms with E-state index in [4.69, 9.17) is 23.7 Å². The number of hydrogen-bond donors (Lipinski definition) is 0. The van der Waals surface area contributed by atoms with Crippen molar-refractivity contribution in [3.63, 3.8) is 0 Å². The highest BCUT2D eigenvalue weighted by Gasteiger charge is 2.41. The Balaban J connectivity index is 2.53. The third-order valence-electron chi connectivity index (χ3n) is 9.02. The van der Waals surface area contributed by atoms with Gasteiger partial charge in [0.2, 0.25) is 0 Å². The van der Waals surface area contributed by atoms with E-state index in [0.717, 1.165) is 12.8 Å². The van der Waals surface area contributed by atoms with E-state index in [1.54, 1.807) is 0 Å². The second kappa shape index (κ2) is 18.3. The minimum Gasteiger partial charge on any atom is -0.373 e. The van der Waals surface area contributed by atoms with Gasteiger partial charge in [0.25, 0.3) is 0 Å². The molecule has 1 saturated heterocycles. The van der Waals surface area contributed by atoms with Gasteiger partial charge < -0.3 is 23.7 Å². The van der Waals surface area contributed by atoms with E-state index in [-0.39, 0.29) is 6.10 Å². The average Bonchev–Trinajstić information content (AvgIpc) is 2.84. The fraction of sp³-hybridized carbons (Fsp3) is 1.00. The maximum atomic E-state index is 6.47. The zero-order chi connectivity index (χ0) is 28.5. The molecule has 1 aliphatic rings. The summed E-state index contributed by atoms with van der Waals surface area (Å²) in [6.45, 7) is 22.2. The Morgan fingerprint density at radius 3 is 1.34 bits per heavy atom. The SMILES string of the molecule is CCCCCCCCCCCCCCC1COC(C)(C)C(C)(C)OCCCOC(C)(C)C(C)(C)OCCO1. The van der Waals surface area contributed by atoms with Crippen molar-refractivity contribution in [3.8, 4) is 0 Å². The Hall–Kier alpha value is -0.200. The summed E-state index contributed by atoms with van der Waals surface area (Å²) >= 11 is 0. The molecule has 1 fully saturated rings. The molecule has 0 saturated carbocycles. The van der Waals surface area contributed by atoms with Crippen LogP contribution in [0, 0.1) is 0 Å². The van der Waals surface area contributed by atoms with Crippen LogP contribution in [0.5, 0.6) is 0 Å². The molecule has 5 nitrogen and oxygen atoms in total. The van der Waals surface area contributed by atoms with Gasteiger partial charge in [0, 0.05) is 13.2 Å². The highest BCUT2D eigenvalue weighted by molar-refractivity contribution is 4.91. The van der Waals surface area contributed by atoms with E-state index in [1.165, 1.54) is 77.0 Å². The summed E-state index contributed by atoms with van der Waals surface area (Å²) in [6.07, 6.45) is 18.2. The highest BCUT2D eigenvalue weighted by atomic mass is 16.6. The number of ether oxygens (including phenoxy) is 5. The molecule has 0 aromatic heterocycles. The summed E-state index contributed by atoms with van der Waals surface area (Å²) in [6, 6.07) is 0. The molecule has 1 atom stereocenters. The van der Waals surface area contributed by atoms with Crippen molar-refractivity contribution in [2.45, 2.75) is 181 Å². The molecule has 0 bridgehead atoms. The van der Waals surface area contributed by atoms with Crippen LogP contribution in [-0.4, -0.2) is 61.5 Å². The molecular formula is C33H66O5. The molecule has 1 aliphatic heterocycles. The topological polar surface area (TPSA) is 46.2 Å². The summed E-state index contributed by atoms with van der Waals surface area (Å²) in [7, 11) is 0. The molecule has 0 N–H and O–H groups in total. The van der Waals surface area contributed by atoms with Crippen LogP contribution >= 0.6 is 0 Å². The molecule has 38 heavy (non-hydrogen) atoms. The van der Waals surface area contributed by atoms with Gasteiger partial charge in [-0.05, 0) is 68.2 Å². The van der Waals surface area contributed by atoms with Crippen molar-refractivity contribution in [1.82, 2.24) is 0 Å². The van der Waals surface area contributed by atoms with Gasteiger partial charge in [-0.2, -0.15) is 0 Å². The summed E-state index contributed by atoms with van der Waals surface area (Å²) in [5.41, 5.74) is -1.67. The first-order chi connectivity index (χ1) is 17.8. The molecule has 1 rings (SSSR count). The van der Waals surface area contributed by atoms with Crippen molar-refractivity contribution in [2.24, 2.45) is 0 Å². The van der Waals surface area contributed by atoms with Crippen LogP contribution in [0.3, 0.4) is 0 Å². The van der Waals surface area contributed by atoms with E-state index in [1.807, 2.05) is 0 Å². The van der Waals surface area contributed by atoms with Crippen LogP contribution in [-0.2, 0) is 23.7 Å². The zero-order valence-electron chi connectivity index (χ0n) is 27.1. The molecule has 0 spiro atoms. The fourth-order valence-corrected chi connectivity index (χ4v) is 4.65. The molecular weight excluding hydrogens is 476 g/mol. The quantitative estimate of drug-likeness (QED) is 0.217. The van der Waals surface area contributed by atoms with E-state index < -0.39 is 22.4 Å². The average molecular weight is 543 g/mol. The van der Waals surface area contributed by atoms with Gasteiger partial charge in [-0.25, -0.2) is 0 Å². The van der Waals surface area contributed by atoms with E-state index in [2.05, 4.69) is 62.3 Å². The molecule has 0 radical (unpaired) electrons. The van der Waals surface area contributed by atoms with Crippen molar-refractivity contribution in [1.29, 1.82) is 0 Å². The summed E-state index contributed by atoms with van der Waals surface area (Å²) in [4.78, 5) is 0. The summed E-state index contributed by atoms with van der Waals surface area (Å²) < 4.78 is 31.6. The molecule has 1 unspecified atom stereocenters. The Kier molecular flexibility index (Phi) is 17.2. The third kappa shape index (κ3) is 13.9. The van der Waals surface area contributed by atoms with Crippen molar-refractivity contribution >= 4 is 0 Å². The normalized spacial score (nSPS) is 24.7. The first kappa shape index (κ1) is 35.8. The Morgan fingerprint density at radius 2 is 0.868 bits per heavy atom. The van der Waals surface area contributed by atoms with E-state index >= 15 is 0 Å². The Morgan fingerprint density at radius 1 is 0.474 bits per heavy atom. The van der Waals surface area contributed by atoms with Crippen molar-refractivity contribution < 1.29 is 23.7 Å². The lowest BCUT2D eigenvalue weighted by Gasteiger charge is -2.43. The maximum Gasteiger partial charge on any atom is 0.0910 e. The minimum absolute atomic E-state index is 0.0667. The third-order valence-corrected chi connectivity index (χ3v) is 9.02. The van der Waals surface area contributed by atoms with Crippen LogP contribution in [0.15, 0.2) is 0 Å². The second-order valence-electron chi connectivity index (χ2n) is 13.4. The standard InChI is InChI=1S/C33H66O5/c1-10-11-12-13-14-15-16-17-18-19-20-21-23-29-28-38-33(8,9)32(6,7)36-25-22-24-35-30(2,3)31(4,5)37-27-26-34-29/h29H,10-28H2,1-9H3. The predicted molar refractivity (Wildman–Crippen MR) is 160 cm³/mol. The molecule has 0 aromatic carbocycles. The zero-order valence-corrected chi connectivity index (χ0v) is 27.1. The highest BCUT2D eigenvalue weighted by Crippen LogP contribution is 2.32. The number of rotatable bonds is 13. The fourth-order valence-electron chi connectivity index (χ4n) is 4.65. The van der Waals surface area contributed by atoms with Gasteiger partial charge in [0.05, 0.1) is 48.3 Å². The van der Waals surface area contributed by atoms with Crippen LogP contribution in [0.1, 0.15) is 152 Å². The lowest BCUT2D eigenvalue weighted by atomic mass is 9.88. The second-order valence-corrected chi connectivity index (χ2v) is 13.4. The van der Waals surface area contributed by atoms with E-state index in [0.29, 0.717) is 33.0 Å². The molecule has 1 heterocycles. The minimum atomic E-state index is -0.430. The molecule has 0 amide bonds. The molecule has 228 valence electrons. The van der Waals surface area contributed by atoms with Gasteiger partial charge >= 0.3 is 0 Å². The number of hydrogen-bond acceptors (Lipinski definition) is 5. The smallest absolute Gasteiger partial charge is 0.0910 e. The molecule has 0 aromatic rings. The van der Waals surface area contributed by atoms with Gasteiger partial charge in [-0.3, -0.25) is 0 Å². The van der Waals surface area contributed by atoms with Gasteiger partial charge in [-0.15, -0.1) is 0 Å².